The highest BCUT2D eigenvalue weighted by Gasteiger charge is 1.94. The van der Waals surface area contributed by atoms with Crippen molar-refractivity contribution in [2.45, 2.75) is 6.08 Å². The van der Waals surface area contributed by atoms with E-state index in [2.05, 4.69) is 0 Å². The van der Waals surface area contributed by atoms with Gasteiger partial charge in [-0.25, -0.2) is 0 Å². The molecule has 0 rings (SSSR count). The minimum absolute atomic E-state index is 3.05. The van der Waals surface area contributed by atoms with E-state index < -0.39 is 18.5 Å². The number of alkyl halides is 1. The molecule has 3 heteroatoms. The fourth-order valence-electron chi connectivity index (χ4n) is 0.0211. The van der Waals surface area contributed by atoms with Gasteiger partial charge in [-0.2, -0.15) is 0 Å². The van der Waals surface area contributed by atoms with Crippen LogP contribution in [-0.2, 0) is 0 Å². The zero-order chi connectivity index (χ0) is 9.50. The van der Waals surface area contributed by atoms with Gasteiger partial charge < -0.3 is 10.2 Å². The fourth-order valence-corrected chi connectivity index (χ4v) is 0.0634. The molecule has 38 valence electrons. The average molecular weight is 116 g/mol. The normalized spacial score (nSPS) is 36.8. The molecule has 0 aromatic rings. The molecular formula is C3H7ClO2. The predicted molar refractivity (Wildman–Crippen MR) is 23.8 cm³/mol. The summed E-state index contributed by atoms with van der Waals surface area (Å²) in [6, 6.07) is 0. The number of hydrogen-bond donors (Lipinski definition) is 2. The van der Waals surface area contributed by atoms with Crippen molar-refractivity contribution in [2.75, 3.05) is 12.4 Å². The second-order valence-electron chi connectivity index (χ2n) is 0.555. The molecule has 1 atom stereocenters. The summed E-state index contributed by atoms with van der Waals surface area (Å²) in [6.07, 6.45) is -3.39. The maximum atomic E-state index is 8.72. The summed E-state index contributed by atoms with van der Waals surface area (Å²) in [6.45, 7) is -3.40. The van der Waals surface area contributed by atoms with Crippen molar-refractivity contribution in [1.82, 2.24) is 0 Å². The molecule has 6 heavy (non-hydrogen) atoms. The molecule has 2 N–H and O–H groups in total. The molecular weight excluding hydrogens is 103 g/mol. The molecule has 0 saturated carbocycles. The molecule has 0 fully saturated rings. The molecule has 0 saturated heterocycles. The summed E-state index contributed by atoms with van der Waals surface area (Å²) in [4.78, 5) is 0. The molecule has 0 aromatic heterocycles. The number of aliphatic hydroxyl groups is 2. The Morgan fingerprint density at radius 1 is 2.17 bits per heavy atom. The van der Waals surface area contributed by atoms with Gasteiger partial charge in [0, 0.05) is 2.74 Å². The van der Waals surface area contributed by atoms with Crippen LogP contribution in [0.4, 0.5) is 0 Å². The van der Waals surface area contributed by atoms with E-state index in [0.717, 1.165) is 0 Å². The van der Waals surface area contributed by atoms with Gasteiger partial charge in [-0.1, -0.05) is 0 Å². The van der Waals surface area contributed by atoms with Gasteiger partial charge in [0.25, 0.3) is 0 Å². The van der Waals surface area contributed by atoms with Crippen molar-refractivity contribution in [3.63, 3.8) is 0 Å². The lowest BCUT2D eigenvalue weighted by molar-refractivity contribution is 0.112. The Kier molecular flexibility index (Phi) is 0.917. The maximum Gasteiger partial charge on any atom is 0.0905 e. The third kappa shape index (κ3) is 2.45. The van der Waals surface area contributed by atoms with Crippen LogP contribution in [0.5, 0.6) is 0 Å². The zero-order valence-electron chi connectivity index (χ0n) is 7.77. The Labute approximate surface area is 48.4 Å². The van der Waals surface area contributed by atoms with Gasteiger partial charge in [-0.15, -0.1) is 11.6 Å². The first-order valence-corrected chi connectivity index (χ1v) is 1.51. The van der Waals surface area contributed by atoms with Gasteiger partial charge >= 0.3 is 0 Å². The summed E-state index contributed by atoms with van der Waals surface area (Å²) < 4.78 is 32.7. The van der Waals surface area contributed by atoms with Crippen LogP contribution in [-0.4, -0.2) is 28.7 Å². The van der Waals surface area contributed by atoms with E-state index in [1.165, 1.54) is 0 Å². The van der Waals surface area contributed by atoms with Crippen molar-refractivity contribution in [3.8, 4) is 0 Å². The van der Waals surface area contributed by atoms with Crippen molar-refractivity contribution in [3.05, 3.63) is 0 Å². The Morgan fingerprint density at radius 2 is 2.67 bits per heavy atom. The van der Waals surface area contributed by atoms with E-state index in [1.807, 2.05) is 0 Å². The number of hydrogen-bond acceptors (Lipinski definition) is 2. The molecule has 0 spiro atoms. The number of halogens is 1. The van der Waals surface area contributed by atoms with Gasteiger partial charge in [-0.05, 0) is 0 Å². The molecule has 0 radical (unpaired) electrons. The van der Waals surface area contributed by atoms with Gasteiger partial charge in [0.2, 0.25) is 0 Å². The Hall–Kier alpha value is 0.210. The van der Waals surface area contributed by atoms with E-state index >= 15 is 0 Å². The molecule has 1 unspecified atom stereocenters. The summed E-state index contributed by atoms with van der Waals surface area (Å²) in [7, 11) is 0. The Bertz CT molecular complexity index is 131. The summed E-state index contributed by atoms with van der Waals surface area (Å²) >= 11 is 4.81. The Balaban J connectivity index is 4.75. The van der Waals surface area contributed by atoms with E-state index in [4.69, 9.17) is 28.7 Å². The second-order valence-corrected chi connectivity index (χ2v) is 0.744. The van der Waals surface area contributed by atoms with Crippen molar-refractivity contribution >= 4 is 11.6 Å². The molecule has 0 aliphatic rings. The minimum atomic E-state index is -3.40. The van der Waals surface area contributed by atoms with Crippen LogP contribution in [0.2, 0.25) is 0 Å². The molecule has 0 aliphatic carbocycles. The van der Waals surface area contributed by atoms with E-state index in [-0.39, 0.29) is 0 Å². The summed E-state index contributed by atoms with van der Waals surface area (Å²) in [5.74, 6) is -3.05. The monoisotopic (exact) mass is 115 g/mol. The van der Waals surface area contributed by atoms with Crippen LogP contribution >= 0.6 is 11.6 Å². The van der Waals surface area contributed by atoms with Gasteiger partial charge in [0.1, 0.15) is 0 Å². The highest BCUT2D eigenvalue weighted by Crippen LogP contribution is 1.81. The van der Waals surface area contributed by atoms with E-state index in [9.17, 15) is 0 Å². The number of rotatable bonds is 2. The third-order valence-electron chi connectivity index (χ3n) is 0.195. The Morgan fingerprint density at radius 3 is 2.67 bits per heavy atom. The van der Waals surface area contributed by atoms with Gasteiger partial charge in [-0.3, -0.25) is 0 Å². The first-order chi connectivity index (χ1) is 4.50. The largest absolute Gasteiger partial charge is 0.394 e. The van der Waals surface area contributed by atoms with Crippen LogP contribution in [0.1, 0.15) is 6.85 Å². The molecule has 0 amide bonds. The molecule has 0 aliphatic heterocycles. The highest BCUT2D eigenvalue weighted by atomic mass is 35.5. The summed E-state index contributed by atoms with van der Waals surface area (Å²) in [5, 5.41) is 17.2. The lowest BCUT2D eigenvalue weighted by Gasteiger charge is -1.95. The van der Waals surface area contributed by atoms with Crippen LogP contribution in [0.15, 0.2) is 0 Å². The molecule has 2 nitrogen and oxygen atoms in total. The fraction of sp³-hybridized carbons (Fsp3) is 1.00. The standard InChI is InChI=1S/C3H7ClO2/c4-1-3(6)2-5/h3,5-6H,1-2H2/i1D2,2D2,3D. The van der Waals surface area contributed by atoms with Gasteiger partial charge in [0.15, 0.2) is 0 Å². The first kappa shape index (κ1) is 1.62. The van der Waals surface area contributed by atoms with Crippen LogP contribution in [0, 0.1) is 0 Å². The third-order valence-corrected chi connectivity index (χ3v) is 0.374. The molecule has 0 heterocycles. The smallest absolute Gasteiger partial charge is 0.0905 e. The van der Waals surface area contributed by atoms with Crippen molar-refractivity contribution < 1.29 is 17.1 Å². The lowest BCUT2D eigenvalue weighted by Crippen LogP contribution is -2.12. The second kappa shape index (κ2) is 3.40. The SMILES string of the molecule is [2H]C([2H])(O)C([2H])(O)C([2H])([2H])Cl. The quantitative estimate of drug-likeness (QED) is 0.480. The molecule has 0 aromatic carbocycles. The van der Waals surface area contributed by atoms with Crippen molar-refractivity contribution in [2.24, 2.45) is 0 Å². The zero-order valence-corrected chi connectivity index (χ0v) is 3.53. The van der Waals surface area contributed by atoms with Crippen LogP contribution in [0.3, 0.4) is 0 Å². The van der Waals surface area contributed by atoms with E-state index in [1.54, 1.807) is 0 Å². The van der Waals surface area contributed by atoms with Crippen LogP contribution in [0.25, 0.3) is 0 Å². The lowest BCUT2D eigenvalue weighted by atomic mass is 10.5. The average Bonchev–Trinajstić information content (AvgIpc) is 1.58. The predicted octanol–water partition coefficient (Wildman–Crippen LogP) is -0.422. The highest BCUT2D eigenvalue weighted by molar-refractivity contribution is 6.18. The first-order valence-electron chi connectivity index (χ1n) is 3.64. The van der Waals surface area contributed by atoms with Crippen molar-refractivity contribution in [1.29, 1.82) is 0 Å². The molecule has 0 bridgehead atoms. The van der Waals surface area contributed by atoms with E-state index in [0.29, 0.717) is 0 Å². The maximum absolute atomic E-state index is 8.72. The topological polar surface area (TPSA) is 40.5 Å². The van der Waals surface area contributed by atoms with Gasteiger partial charge in [0.05, 0.1) is 22.6 Å². The van der Waals surface area contributed by atoms with Crippen LogP contribution < -0.4 is 0 Å². The summed E-state index contributed by atoms with van der Waals surface area (Å²) in [5.41, 5.74) is 0. The minimum Gasteiger partial charge on any atom is -0.394 e.